The predicted octanol–water partition coefficient (Wildman–Crippen LogP) is 2.10. The summed E-state index contributed by atoms with van der Waals surface area (Å²) in [5.74, 6) is 0.104. The molecule has 0 heterocycles. The van der Waals surface area contributed by atoms with E-state index in [2.05, 4.69) is 13.2 Å². The number of allylic oxidation sites excluding steroid dienone is 2. The lowest BCUT2D eigenvalue weighted by atomic mass is 10.1. The lowest BCUT2D eigenvalue weighted by Gasteiger charge is -1.93. The molecule has 0 unspecified atom stereocenters. The van der Waals surface area contributed by atoms with E-state index in [0.29, 0.717) is 12.0 Å². The van der Waals surface area contributed by atoms with Crippen LogP contribution in [0.1, 0.15) is 19.8 Å². The maximum absolute atomic E-state index is 10.8. The van der Waals surface area contributed by atoms with Gasteiger partial charge in [-0.25, -0.2) is 0 Å². The summed E-state index contributed by atoms with van der Waals surface area (Å²) in [7, 11) is 0. The second kappa shape index (κ2) is 4.07. The van der Waals surface area contributed by atoms with Crippen molar-refractivity contribution in [2.24, 2.45) is 0 Å². The Morgan fingerprint density at radius 2 is 2.22 bits per heavy atom. The van der Waals surface area contributed by atoms with Crippen molar-refractivity contribution >= 4 is 5.78 Å². The zero-order chi connectivity index (χ0) is 7.28. The van der Waals surface area contributed by atoms with Crippen molar-refractivity contribution < 1.29 is 4.79 Å². The van der Waals surface area contributed by atoms with Gasteiger partial charge in [0.05, 0.1) is 0 Å². The van der Waals surface area contributed by atoms with Crippen LogP contribution in [0.3, 0.4) is 0 Å². The van der Waals surface area contributed by atoms with Gasteiger partial charge in [0.25, 0.3) is 0 Å². The quantitative estimate of drug-likeness (QED) is 0.414. The van der Waals surface area contributed by atoms with Crippen molar-refractivity contribution in [2.45, 2.75) is 19.8 Å². The fourth-order valence-electron chi connectivity index (χ4n) is 0.501. The van der Waals surface area contributed by atoms with Gasteiger partial charge in [-0.3, -0.25) is 4.79 Å². The molecule has 0 bridgehead atoms. The molecule has 1 nitrogen and oxygen atoms in total. The van der Waals surface area contributed by atoms with Gasteiger partial charge in [-0.1, -0.05) is 26.2 Å². The highest BCUT2D eigenvalue weighted by molar-refractivity contribution is 5.97. The van der Waals surface area contributed by atoms with E-state index in [9.17, 15) is 4.79 Å². The Morgan fingerprint density at radius 3 is 2.56 bits per heavy atom. The van der Waals surface area contributed by atoms with Crippen LogP contribution in [0.25, 0.3) is 0 Å². The molecule has 0 N–H and O–H groups in total. The van der Waals surface area contributed by atoms with E-state index in [1.54, 1.807) is 0 Å². The van der Waals surface area contributed by atoms with Crippen molar-refractivity contribution in [3.05, 3.63) is 24.8 Å². The molecule has 0 aliphatic rings. The predicted molar refractivity (Wildman–Crippen MR) is 39.3 cm³/mol. The topological polar surface area (TPSA) is 17.1 Å². The fraction of sp³-hybridized carbons (Fsp3) is 0.375. The Hall–Kier alpha value is -0.850. The van der Waals surface area contributed by atoms with E-state index in [1.165, 1.54) is 6.08 Å². The summed E-state index contributed by atoms with van der Waals surface area (Å²) in [5.41, 5.74) is 0.525. The molecule has 1 heteroatoms. The van der Waals surface area contributed by atoms with E-state index in [-0.39, 0.29) is 5.78 Å². The number of ketones is 1. The number of hydrogen-bond acceptors (Lipinski definition) is 1. The Balaban J connectivity index is 3.73. The monoisotopic (exact) mass is 124 g/mol. The minimum Gasteiger partial charge on any atom is -0.294 e. The highest BCUT2D eigenvalue weighted by Crippen LogP contribution is 1.99. The normalized spacial score (nSPS) is 8.56. The van der Waals surface area contributed by atoms with Gasteiger partial charge < -0.3 is 0 Å². The van der Waals surface area contributed by atoms with E-state index < -0.39 is 0 Å². The SMILES string of the molecule is C=CC(=C)C(=O)CCC. The second-order valence-electron chi connectivity index (χ2n) is 1.90. The van der Waals surface area contributed by atoms with Crippen molar-refractivity contribution in [2.75, 3.05) is 0 Å². The van der Waals surface area contributed by atoms with Gasteiger partial charge in [0.1, 0.15) is 0 Å². The molecule has 0 aromatic carbocycles. The van der Waals surface area contributed by atoms with Crippen LogP contribution < -0.4 is 0 Å². The van der Waals surface area contributed by atoms with E-state index in [4.69, 9.17) is 0 Å². The summed E-state index contributed by atoms with van der Waals surface area (Å²) in [6.45, 7) is 8.93. The first kappa shape index (κ1) is 8.15. The molecule has 0 fully saturated rings. The number of carbonyl (C=O) groups is 1. The van der Waals surface area contributed by atoms with E-state index in [0.717, 1.165) is 6.42 Å². The Labute approximate surface area is 56.1 Å². The summed E-state index contributed by atoms with van der Waals surface area (Å²) in [6.07, 6.45) is 2.97. The van der Waals surface area contributed by atoms with Crippen LogP contribution in [0.15, 0.2) is 24.8 Å². The van der Waals surface area contributed by atoms with Crippen LogP contribution in [0.2, 0.25) is 0 Å². The second-order valence-corrected chi connectivity index (χ2v) is 1.90. The molecular weight excluding hydrogens is 112 g/mol. The first-order valence-electron chi connectivity index (χ1n) is 3.07. The van der Waals surface area contributed by atoms with Crippen molar-refractivity contribution in [1.29, 1.82) is 0 Å². The molecule has 50 valence electrons. The molecule has 0 atom stereocenters. The molecular formula is C8H12O. The van der Waals surface area contributed by atoms with Gasteiger partial charge >= 0.3 is 0 Å². The molecule has 0 rings (SSSR count). The standard InChI is InChI=1S/C8H12O/c1-4-6-8(9)7(3)5-2/h5H,2-4,6H2,1H3. The number of carbonyl (C=O) groups excluding carboxylic acids is 1. The lowest BCUT2D eigenvalue weighted by molar-refractivity contribution is -0.115. The van der Waals surface area contributed by atoms with Gasteiger partial charge in [0, 0.05) is 12.0 Å². The lowest BCUT2D eigenvalue weighted by Crippen LogP contribution is -1.96. The molecule has 0 saturated carbocycles. The molecule has 0 amide bonds. The summed E-state index contributed by atoms with van der Waals surface area (Å²) >= 11 is 0. The minimum absolute atomic E-state index is 0.104. The average Bonchev–Trinajstić information content (AvgIpc) is 1.87. The van der Waals surface area contributed by atoms with E-state index in [1.807, 2.05) is 6.92 Å². The molecule has 0 aromatic heterocycles. The molecule has 0 aliphatic heterocycles. The molecule has 0 spiro atoms. The Kier molecular flexibility index (Phi) is 3.69. The molecule has 0 aliphatic carbocycles. The van der Waals surface area contributed by atoms with Crippen molar-refractivity contribution in [1.82, 2.24) is 0 Å². The zero-order valence-corrected chi connectivity index (χ0v) is 5.81. The summed E-state index contributed by atoms with van der Waals surface area (Å²) in [4.78, 5) is 10.8. The smallest absolute Gasteiger partial charge is 0.162 e. The van der Waals surface area contributed by atoms with Gasteiger partial charge in [-0.15, -0.1) is 0 Å². The number of hydrogen-bond donors (Lipinski definition) is 0. The first-order chi connectivity index (χ1) is 4.22. The zero-order valence-electron chi connectivity index (χ0n) is 5.81. The maximum atomic E-state index is 10.8. The van der Waals surface area contributed by atoms with E-state index >= 15 is 0 Å². The summed E-state index contributed by atoms with van der Waals surface area (Å²) < 4.78 is 0. The van der Waals surface area contributed by atoms with Crippen molar-refractivity contribution in [3.8, 4) is 0 Å². The molecule has 9 heavy (non-hydrogen) atoms. The Morgan fingerprint density at radius 1 is 1.67 bits per heavy atom. The van der Waals surface area contributed by atoms with Crippen LogP contribution in [0.5, 0.6) is 0 Å². The molecule has 0 saturated heterocycles. The van der Waals surface area contributed by atoms with Gasteiger partial charge in [-0.2, -0.15) is 0 Å². The van der Waals surface area contributed by atoms with Crippen molar-refractivity contribution in [3.63, 3.8) is 0 Å². The fourth-order valence-corrected chi connectivity index (χ4v) is 0.501. The number of rotatable bonds is 4. The maximum Gasteiger partial charge on any atom is 0.162 e. The largest absolute Gasteiger partial charge is 0.294 e. The summed E-state index contributed by atoms with van der Waals surface area (Å²) in [5, 5.41) is 0. The third-order valence-electron chi connectivity index (χ3n) is 1.08. The third kappa shape index (κ3) is 2.85. The van der Waals surface area contributed by atoms with Crippen LogP contribution in [0, 0.1) is 0 Å². The van der Waals surface area contributed by atoms with Crippen LogP contribution in [-0.4, -0.2) is 5.78 Å². The summed E-state index contributed by atoms with van der Waals surface area (Å²) in [6, 6.07) is 0. The van der Waals surface area contributed by atoms with Gasteiger partial charge in [-0.05, 0) is 6.42 Å². The average molecular weight is 124 g/mol. The van der Waals surface area contributed by atoms with Crippen LogP contribution >= 0.6 is 0 Å². The molecule has 0 aromatic rings. The highest BCUT2D eigenvalue weighted by atomic mass is 16.1. The van der Waals surface area contributed by atoms with Gasteiger partial charge in [0.2, 0.25) is 0 Å². The minimum atomic E-state index is 0.104. The Bertz CT molecular complexity index is 134. The number of Topliss-reactive ketones (excluding diaryl/α,β-unsaturated/α-hetero) is 1. The third-order valence-corrected chi connectivity index (χ3v) is 1.08. The highest BCUT2D eigenvalue weighted by Gasteiger charge is 1.99. The van der Waals surface area contributed by atoms with Crippen LogP contribution in [-0.2, 0) is 4.79 Å². The molecule has 0 radical (unpaired) electrons. The van der Waals surface area contributed by atoms with Gasteiger partial charge in [0.15, 0.2) is 5.78 Å². The first-order valence-corrected chi connectivity index (χ1v) is 3.07. The van der Waals surface area contributed by atoms with Crippen LogP contribution in [0.4, 0.5) is 0 Å².